The summed E-state index contributed by atoms with van der Waals surface area (Å²) in [6, 6.07) is 13.9. The predicted molar refractivity (Wildman–Crippen MR) is 86.6 cm³/mol. The smallest absolute Gasteiger partial charge is 0.265 e. The van der Waals surface area contributed by atoms with Crippen LogP contribution >= 0.6 is 0 Å². The van der Waals surface area contributed by atoms with Crippen LogP contribution in [0.15, 0.2) is 54.7 Å². The summed E-state index contributed by atoms with van der Waals surface area (Å²) < 4.78 is 0. The summed E-state index contributed by atoms with van der Waals surface area (Å²) in [6.45, 7) is 1.36. The Morgan fingerprint density at radius 2 is 1.91 bits per heavy atom. The molecule has 0 spiro atoms. The second-order valence-corrected chi connectivity index (χ2v) is 5.03. The molecular formula is C17H15N3O2. The second kappa shape index (κ2) is 5.37. The summed E-state index contributed by atoms with van der Waals surface area (Å²) in [7, 11) is 0. The molecule has 5 nitrogen and oxygen atoms in total. The number of rotatable bonds is 2. The van der Waals surface area contributed by atoms with Crippen LogP contribution in [0.1, 0.15) is 17.3 Å². The Morgan fingerprint density at radius 1 is 1.09 bits per heavy atom. The van der Waals surface area contributed by atoms with Crippen molar-refractivity contribution in [2.75, 3.05) is 10.6 Å². The van der Waals surface area contributed by atoms with E-state index in [1.165, 1.54) is 6.92 Å². The number of benzene rings is 2. The van der Waals surface area contributed by atoms with Crippen LogP contribution in [-0.2, 0) is 4.79 Å². The number of carbonyl (C=O) groups is 2. The van der Waals surface area contributed by atoms with Gasteiger partial charge in [0.2, 0.25) is 5.91 Å². The highest BCUT2D eigenvalue weighted by molar-refractivity contribution is 6.21. The van der Waals surface area contributed by atoms with E-state index >= 15 is 0 Å². The maximum Gasteiger partial charge on any atom is 0.265 e. The van der Waals surface area contributed by atoms with Crippen molar-refractivity contribution in [2.24, 2.45) is 0 Å². The van der Waals surface area contributed by atoms with Gasteiger partial charge < -0.3 is 10.7 Å². The summed E-state index contributed by atoms with van der Waals surface area (Å²) in [5.74, 6) is -0.739. The molecule has 2 amide bonds. The minimum Gasteiger partial charge on any atom is -0.399 e. The molecular weight excluding hydrogens is 278 g/mol. The van der Waals surface area contributed by atoms with Gasteiger partial charge in [-0.3, -0.25) is 9.59 Å². The fourth-order valence-corrected chi connectivity index (χ4v) is 2.42. The third-order valence-corrected chi connectivity index (χ3v) is 3.45. The first-order chi connectivity index (χ1) is 10.6. The highest BCUT2D eigenvalue weighted by Crippen LogP contribution is 2.22. The molecule has 0 unspecified atom stereocenters. The van der Waals surface area contributed by atoms with Gasteiger partial charge >= 0.3 is 0 Å². The second-order valence-electron chi connectivity index (χ2n) is 5.03. The number of nitrogen functional groups attached to an aromatic ring is 1. The lowest BCUT2D eigenvalue weighted by Gasteiger charge is -2.19. The van der Waals surface area contributed by atoms with E-state index in [0.29, 0.717) is 16.9 Å². The zero-order chi connectivity index (χ0) is 15.7. The number of anilines is 2. The van der Waals surface area contributed by atoms with Gasteiger partial charge in [-0.05, 0) is 41.8 Å². The lowest BCUT2D eigenvalue weighted by Crippen LogP contribution is -2.35. The van der Waals surface area contributed by atoms with Crippen LogP contribution < -0.4 is 10.6 Å². The highest BCUT2D eigenvalue weighted by Gasteiger charge is 2.22. The molecule has 0 aliphatic heterocycles. The molecule has 3 N–H and O–H groups in total. The molecule has 0 radical (unpaired) electrons. The summed E-state index contributed by atoms with van der Waals surface area (Å²) in [4.78, 5) is 28.8. The van der Waals surface area contributed by atoms with Gasteiger partial charge in [0.15, 0.2) is 0 Å². The van der Waals surface area contributed by atoms with Crippen molar-refractivity contribution in [1.29, 1.82) is 0 Å². The summed E-state index contributed by atoms with van der Waals surface area (Å²) in [5.41, 5.74) is 7.99. The fourth-order valence-electron chi connectivity index (χ4n) is 2.42. The number of nitrogens with one attached hydrogen (secondary N) is 1. The molecule has 1 aromatic heterocycles. The summed E-state index contributed by atoms with van der Waals surface area (Å²) >= 11 is 0. The molecule has 0 aliphatic carbocycles. The topological polar surface area (TPSA) is 79.2 Å². The Kier molecular flexibility index (Phi) is 3.39. The Labute approximate surface area is 127 Å². The van der Waals surface area contributed by atoms with Crippen molar-refractivity contribution in [2.45, 2.75) is 6.92 Å². The van der Waals surface area contributed by atoms with Gasteiger partial charge in [-0.15, -0.1) is 0 Å². The standard InChI is InChI=1S/C17H15N3O2/c1-11(21)20(15-4-2-3-14(18)10-15)17(22)13-6-5-12-7-8-19-16(12)9-13/h2-10,19H,18H2,1H3. The van der Waals surface area contributed by atoms with E-state index in [0.717, 1.165) is 15.8 Å². The number of aromatic amines is 1. The average molecular weight is 293 g/mol. The number of nitrogens with zero attached hydrogens (tertiary/aromatic N) is 1. The summed E-state index contributed by atoms with van der Waals surface area (Å²) in [6.07, 6.45) is 1.81. The number of aromatic nitrogens is 1. The van der Waals surface area contributed by atoms with E-state index in [4.69, 9.17) is 5.73 Å². The molecule has 1 heterocycles. The zero-order valence-corrected chi connectivity index (χ0v) is 12.0. The Balaban J connectivity index is 2.04. The molecule has 0 saturated carbocycles. The number of H-pyrrole nitrogens is 1. The van der Waals surface area contributed by atoms with Crippen LogP contribution in [0.2, 0.25) is 0 Å². The maximum atomic E-state index is 12.7. The van der Waals surface area contributed by atoms with Gasteiger partial charge in [0.1, 0.15) is 0 Å². The molecule has 2 aromatic carbocycles. The number of amides is 2. The van der Waals surface area contributed by atoms with Crippen molar-refractivity contribution in [1.82, 2.24) is 4.98 Å². The molecule has 3 rings (SSSR count). The first-order valence-corrected chi connectivity index (χ1v) is 6.84. The molecule has 0 atom stereocenters. The van der Waals surface area contributed by atoms with Gasteiger partial charge in [-0.2, -0.15) is 0 Å². The zero-order valence-electron chi connectivity index (χ0n) is 12.0. The van der Waals surface area contributed by atoms with Crippen LogP contribution in [-0.4, -0.2) is 16.8 Å². The first-order valence-electron chi connectivity index (χ1n) is 6.84. The van der Waals surface area contributed by atoms with Gasteiger partial charge in [0.05, 0.1) is 5.69 Å². The van der Waals surface area contributed by atoms with E-state index < -0.39 is 0 Å². The van der Waals surface area contributed by atoms with Gasteiger partial charge in [-0.1, -0.05) is 12.1 Å². The SMILES string of the molecule is CC(=O)N(C(=O)c1ccc2cc[nH]c2c1)c1cccc(N)c1. The lowest BCUT2D eigenvalue weighted by molar-refractivity contribution is -0.115. The fraction of sp³-hybridized carbons (Fsp3) is 0.0588. The number of hydrogen-bond acceptors (Lipinski definition) is 3. The molecule has 3 aromatic rings. The van der Waals surface area contributed by atoms with E-state index in [-0.39, 0.29) is 11.8 Å². The van der Waals surface area contributed by atoms with Gasteiger partial charge in [-0.25, -0.2) is 4.90 Å². The van der Waals surface area contributed by atoms with Crippen molar-refractivity contribution < 1.29 is 9.59 Å². The molecule has 0 bridgehead atoms. The number of hydrogen-bond donors (Lipinski definition) is 2. The predicted octanol–water partition coefficient (Wildman–Crippen LogP) is 2.94. The van der Waals surface area contributed by atoms with E-state index in [1.54, 1.807) is 42.6 Å². The van der Waals surface area contributed by atoms with E-state index in [2.05, 4.69) is 4.98 Å². The quantitative estimate of drug-likeness (QED) is 0.713. The molecule has 0 aliphatic rings. The number of imide groups is 1. The molecule has 110 valence electrons. The van der Waals surface area contributed by atoms with E-state index in [1.807, 2.05) is 12.1 Å². The van der Waals surface area contributed by atoms with Crippen molar-refractivity contribution in [3.63, 3.8) is 0 Å². The Bertz CT molecular complexity index is 867. The molecule has 22 heavy (non-hydrogen) atoms. The van der Waals surface area contributed by atoms with Crippen LogP contribution in [0, 0.1) is 0 Å². The Morgan fingerprint density at radius 3 is 2.64 bits per heavy atom. The molecule has 0 fully saturated rings. The third-order valence-electron chi connectivity index (χ3n) is 3.45. The monoisotopic (exact) mass is 293 g/mol. The van der Waals surface area contributed by atoms with Crippen molar-refractivity contribution in [3.8, 4) is 0 Å². The Hall–Kier alpha value is -3.08. The lowest BCUT2D eigenvalue weighted by atomic mass is 10.1. The number of nitrogens with two attached hydrogens (primary N) is 1. The van der Waals surface area contributed by atoms with Crippen molar-refractivity contribution >= 4 is 34.1 Å². The van der Waals surface area contributed by atoms with Gasteiger partial charge in [0, 0.05) is 29.9 Å². The normalized spacial score (nSPS) is 10.6. The molecule has 0 saturated heterocycles. The highest BCUT2D eigenvalue weighted by atomic mass is 16.2. The minimum absolute atomic E-state index is 0.359. The van der Waals surface area contributed by atoms with Crippen LogP contribution in [0.3, 0.4) is 0 Å². The third kappa shape index (κ3) is 2.44. The average Bonchev–Trinajstić information content (AvgIpc) is 2.94. The van der Waals surface area contributed by atoms with Gasteiger partial charge in [0.25, 0.3) is 5.91 Å². The first kappa shape index (κ1) is 13.9. The van der Waals surface area contributed by atoms with E-state index in [9.17, 15) is 9.59 Å². The largest absolute Gasteiger partial charge is 0.399 e. The number of carbonyl (C=O) groups excluding carboxylic acids is 2. The van der Waals surface area contributed by atoms with Crippen molar-refractivity contribution in [3.05, 3.63) is 60.3 Å². The molecule has 5 heteroatoms. The minimum atomic E-state index is -0.380. The van der Waals surface area contributed by atoms with Crippen LogP contribution in [0.5, 0.6) is 0 Å². The maximum absolute atomic E-state index is 12.7. The summed E-state index contributed by atoms with van der Waals surface area (Å²) in [5, 5.41) is 1.01. The van der Waals surface area contributed by atoms with Crippen LogP contribution in [0.4, 0.5) is 11.4 Å². The van der Waals surface area contributed by atoms with Crippen LogP contribution in [0.25, 0.3) is 10.9 Å². The number of fused-ring (bicyclic) bond motifs is 1.